The van der Waals surface area contributed by atoms with Crippen molar-refractivity contribution < 1.29 is 0 Å². The first-order valence-electron chi connectivity index (χ1n) is 4.70. The summed E-state index contributed by atoms with van der Waals surface area (Å²) < 4.78 is 0. The lowest BCUT2D eigenvalue weighted by Gasteiger charge is -2.41. The molecular weight excluding hydrogens is 134 g/mol. The summed E-state index contributed by atoms with van der Waals surface area (Å²) in [6.45, 7) is 2.24. The van der Waals surface area contributed by atoms with Crippen LogP contribution in [-0.2, 0) is 0 Å². The van der Waals surface area contributed by atoms with Gasteiger partial charge in [0.1, 0.15) is 0 Å². The molecule has 0 saturated heterocycles. The highest BCUT2D eigenvalue weighted by molar-refractivity contribution is 4.89. The van der Waals surface area contributed by atoms with Gasteiger partial charge in [0.15, 0.2) is 0 Å². The van der Waals surface area contributed by atoms with Crippen molar-refractivity contribution in [1.29, 1.82) is 5.26 Å². The molecule has 0 bridgehead atoms. The average Bonchev–Trinajstić information content (AvgIpc) is 1.95. The Bertz CT molecular complexity index is 151. The zero-order valence-corrected chi connectivity index (χ0v) is 7.40. The van der Waals surface area contributed by atoms with E-state index in [9.17, 15) is 0 Å². The van der Waals surface area contributed by atoms with Crippen LogP contribution in [0.1, 0.15) is 51.9 Å². The van der Waals surface area contributed by atoms with Gasteiger partial charge in [-0.1, -0.05) is 19.8 Å². The van der Waals surface area contributed by atoms with Crippen LogP contribution in [0.5, 0.6) is 0 Å². The number of hydrogen-bond donors (Lipinski definition) is 0. The minimum Gasteiger partial charge on any atom is -0.198 e. The molecule has 0 amide bonds. The molecule has 0 spiro atoms. The Balaban J connectivity index is 2.29. The van der Waals surface area contributed by atoms with E-state index in [1.807, 2.05) is 0 Å². The monoisotopic (exact) mass is 151 g/mol. The van der Waals surface area contributed by atoms with Crippen LogP contribution < -0.4 is 0 Å². The molecule has 1 aliphatic rings. The molecule has 0 aliphatic heterocycles. The van der Waals surface area contributed by atoms with Crippen LogP contribution in [0.2, 0.25) is 0 Å². The standard InChI is InChI=1S/C10H17N/c1-2-5-10(6-3-7-10)8-4-9-11/h2-8H2,1H3. The Hall–Kier alpha value is -0.510. The summed E-state index contributed by atoms with van der Waals surface area (Å²) in [4.78, 5) is 0. The Kier molecular flexibility index (Phi) is 2.93. The lowest BCUT2D eigenvalue weighted by molar-refractivity contribution is 0.107. The van der Waals surface area contributed by atoms with E-state index < -0.39 is 0 Å². The first kappa shape index (κ1) is 8.59. The van der Waals surface area contributed by atoms with Crippen LogP contribution in [0.3, 0.4) is 0 Å². The maximum Gasteiger partial charge on any atom is 0.0621 e. The number of nitrogens with zero attached hydrogens (tertiary/aromatic N) is 1. The molecule has 0 unspecified atom stereocenters. The Morgan fingerprint density at radius 3 is 2.45 bits per heavy atom. The molecule has 0 aromatic heterocycles. The second-order valence-electron chi connectivity index (χ2n) is 3.76. The highest BCUT2D eigenvalue weighted by atomic mass is 14.4. The van der Waals surface area contributed by atoms with Gasteiger partial charge in [-0.25, -0.2) is 0 Å². The van der Waals surface area contributed by atoms with E-state index in [0.29, 0.717) is 5.41 Å². The zero-order valence-electron chi connectivity index (χ0n) is 7.40. The molecule has 0 atom stereocenters. The maximum atomic E-state index is 8.47. The second kappa shape index (κ2) is 3.76. The molecule has 62 valence electrons. The van der Waals surface area contributed by atoms with Gasteiger partial charge in [0.2, 0.25) is 0 Å². The normalized spacial score (nSPS) is 20.4. The fourth-order valence-electron chi connectivity index (χ4n) is 2.15. The van der Waals surface area contributed by atoms with Crippen molar-refractivity contribution in [3.63, 3.8) is 0 Å². The quantitative estimate of drug-likeness (QED) is 0.605. The summed E-state index contributed by atoms with van der Waals surface area (Å²) in [5.74, 6) is 0. The van der Waals surface area contributed by atoms with Gasteiger partial charge in [-0.2, -0.15) is 5.26 Å². The maximum absolute atomic E-state index is 8.47. The topological polar surface area (TPSA) is 23.8 Å². The SMILES string of the molecule is CCCC1(CCC#N)CCC1. The molecule has 1 rings (SSSR count). The third-order valence-corrected chi connectivity index (χ3v) is 2.96. The molecule has 0 aromatic carbocycles. The van der Waals surface area contributed by atoms with Crippen molar-refractivity contribution in [2.24, 2.45) is 5.41 Å². The molecule has 1 fully saturated rings. The summed E-state index contributed by atoms with van der Waals surface area (Å²) in [6, 6.07) is 2.25. The van der Waals surface area contributed by atoms with E-state index in [2.05, 4.69) is 13.0 Å². The highest BCUT2D eigenvalue weighted by Gasteiger charge is 2.34. The van der Waals surface area contributed by atoms with Crippen molar-refractivity contribution >= 4 is 0 Å². The van der Waals surface area contributed by atoms with Crippen LogP contribution in [-0.4, -0.2) is 0 Å². The van der Waals surface area contributed by atoms with Crippen LogP contribution in [0.4, 0.5) is 0 Å². The smallest absolute Gasteiger partial charge is 0.0621 e. The van der Waals surface area contributed by atoms with Gasteiger partial charge in [-0.05, 0) is 31.1 Å². The second-order valence-corrected chi connectivity index (χ2v) is 3.76. The third kappa shape index (κ3) is 1.96. The predicted molar refractivity (Wildman–Crippen MR) is 46.0 cm³/mol. The van der Waals surface area contributed by atoms with Gasteiger partial charge < -0.3 is 0 Å². The minimum absolute atomic E-state index is 0.602. The first-order valence-corrected chi connectivity index (χ1v) is 4.70. The molecule has 0 radical (unpaired) electrons. The fraction of sp³-hybridized carbons (Fsp3) is 0.900. The first-order chi connectivity index (χ1) is 5.33. The van der Waals surface area contributed by atoms with Gasteiger partial charge in [-0.3, -0.25) is 0 Å². The Morgan fingerprint density at radius 2 is 2.09 bits per heavy atom. The van der Waals surface area contributed by atoms with E-state index in [-0.39, 0.29) is 0 Å². The molecule has 0 heterocycles. The van der Waals surface area contributed by atoms with Crippen molar-refractivity contribution in [3.8, 4) is 6.07 Å². The summed E-state index contributed by atoms with van der Waals surface area (Å²) in [7, 11) is 0. The summed E-state index contributed by atoms with van der Waals surface area (Å²) >= 11 is 0. The van der Waals surface area contributed by atoms with Gasteiger partial charge in [0.05, 0.1) is 6.07 Å². The van der Waals surface area contributed by atoms with E-state index in [1.165, 1.54) is 32.1 Å². The average molecular weight is 151 g/mol. The number of rotatable bonds is 4. The van der Waals surface area contributed by atoms with E-state index >= 15 is 0 Å². The highest BCUT2D eigenvalue weighted by Crippen LogP contribution is 2.48. The fourth-order valence-corrected chi connectivity index (χ4v) is 2.15. The minimum atomic E-state index is 0.602. The van der Waals surface area contributed by atoms with E-state index in [0.717, 1.165) is 12.8 Å². The molecule has 1 heteroatoms. The van der Waals surface area contributed by atoms with Gasteiger partial charge >= 0.3 is 0 Å². The van der Waals surface area contributed by atoms with Crippen molar-refractivity contribution in [3.05, 3.63) is 0 Å². The zero-order chi connectivity index (χ0) is 8.16. The molecule has 0 aromatic rings. The lowest BCUT2D eigenvalue weighted by Crippen LogP contribution is -2.28. The lowest BCUT2D eigenvalue weighted by atomic mass is 9.64. The summed E-state index contributed by atoms with van der Waals surface area (Å²) in [6.07, 6.45) is 8.69. The van der Waals surface area contributed by atoms with Crippen molar-refractivity contribution in [1.82, 2.24) is 0 Å². The summed E-state index contributed by atoms with van der Waals surface area (Å²) in [5.41, 5.74) is 0.602. The Labute approximate surface area is 69.4 Å². The molecular formula is C10H17N. The molecule has 0 N–H and O–H groups in total. The van der Waals surface area contributed by atoms with E-state index in [1.54, 1.807) is 0 Å². The van der Waals surface area contributed by atoms with Crippen LogP contribution >= 0.6 is 0 Å². The van der Waals surface area contributed by atoms with E-state index in [4.69, 9.17) is 5.26 Å². The van der Waals surface area contributed by atoms with Gasteiger partial charge in [0, 0.05) is 6.42 Å². The van der Waals surface area contributed by atoms with Crippen LogP contribution in [0.25, 0.3) is 0 Å². The Morgan fingerprint density at radius 1 is 1.36 bits per heavy atom. The third-order valence-electron chi connectivity index (χ3n) is 2.96. The predicted octanol–water partition coefficient (Wildman–Crippen LogP) is 3.26. The number of hydrogen-bond acceptors (Lipinski definition) is 1. The van der Waals surface area contributed by atoms with Crippen molar-refractivity contribution in [2.45, 2.75) is 51.9 Å². The van der Waals surface area contributed by atoms with Gasteiger partial charge in [0.25, 0.3) is 0 Å². The van der Waals surface area contributed by atoms with Gasteiger partial charge in [-0.15, -0.1) is 0 Å². The van der Waals surface area contributed by atoms with Crippen molar-refractivity contribution in [2.75, 3.05) is 0 Å². The van der Waals surface area contributed by atoms with Crippen LogP contribution in [0.15, 0.2) is 0 Å². The summed E-state index contributed by atoms with van der Waals surface area (Å²) in [5, 5.41) is 8.47. The largest absolute Gasteiger partial charge is 0.198 e. The van der Waals surface area contributed by atoms with Crippen LogP contribution in [0, 0.1) is 16.7 Å². The number of nitriles is 1. The molecule has 1 nitrogen and oxygen atoms in total. The molecule has 1 saturated carbocycles. The molecule has 1 aliphatic carbocycles. The molecule has 11 heavy (non-hydrogen) atoms.